The highest BCUT2D eigenvalue weighted by Crippen LogP contribution is 2.55. The summed E-state index contributed by atoms with van der Waals surface area (Å²) in [6.07, 6.45) is 0.746. The number of halogens is 2. The van der Waals surface area contributed by atoms with E-state index in [1.807, 2.05) is 12.1 Å². The Morgan fingerprint density at radius 1 is 1.05 bits per heavy atom. The standard InChI is InChI=1S/C16H12F2O/c17-16(18)9-15(16)12-7-5-11(6-8-12)14-4-2-1-3-13(14)10-19/h1-8,10,15H,9H2. The lowest BCUT2D eigenvalue weighted by Crippen LogP contribution is -1.93. The lowest BCUT2D eigenvalue weighted by molar-refractivity contribution is 0.111. The maximum absolute atomic E-state index is 13.0. The minimum absolute atomic E-state index is 0.0583. The number of rotatable bonds is 3. The van der Waals surface area contributed by atoms with Crippen LogP contribution in [0.2, 0.25) is 0 Å². The fourth-order valence-corrected chi connectivity index (χ4v) is 2.33. The third-order valence-corrected chi connectivity index (χ3v) is 3.54. The molecule has 2 aromatic carbocycles. The van der Waals surface area contributed by atoms with Crippen LogP contribution in [0.3, 0.4) is 0 Å². The Morgan fingerprint density at radius 3 is 2.26 bits per heavy atom. The van der Waals surface area contributed by atoms with Crippen LogP contribution in [0.5, 0.6) is 0 Å². The van der Waals surface area contributed by atoms with E-state index in [1.165, 1.54) is 0 Å². The number of hydrogen-bond donors (Lipinski definition) is 0. The molecule has 1 saturated carbocycles. The van der Waals surface area contributed by atoms with Crippen LogP contribution in [-0.2, 0) is 0 Å². The van der Waals surface area contributed by atoms with E-state index in [1.54, 1.807) is 36.4 Å². The van der Waals surface area contributed by atoms with Crippen molar-refractivity contribution in [3.05, 3.63) is 59.7 Å². The Bertz CT molecular complexity index is 617. The Labute approximate surface area is 109 Å². The average Bonchev–Trinajstić information content (AvgIpc) is 3.08. The van der Waals surface area contributed by atoms with Crippen molar-refractivity contribution >= 4 is 6.29 Å². The first-order valence-electron chi connectivity index (χ1n) is 6.14. The van der Waals surface area contributed by atoms with Gasteiger partial charge in [-0.05, 0) is 16.7 Å². The second-order valence-corrected chi connectivity index (χ2v) is 4.84. The van der Waals surface area contributed by atoms with Crippen molar-refractivity contribution in [3.8, 4) is 11.1 Å². The van der Waals surface area contributed by atoms with Crippen molar-refractivity contribution in [2.24, 2.45) is 0 Å². The van der Waals surface area contributed by atoms with Gasteiger partial charge >= 0.3 is 0 Å². The molecule has 0 radical (unpaired) electrons. The largest absolute Gasteiger partial charge is 0.298 e. The van der Waals surface area contributed by atoms with Crippen LogP contribution in [0.1, 0.15) is 28.3 Å². The minimum Gasteiger partial charge on any atom is -0.298 e. The molecular formula is C16H12F2O. The van der Waals surface area contributed by atoms with Gasteiger partial charge in [-0.25, -0.2) is 8.78 Å². The molecule has 1 fully saturated rings. The lowest BCUT2D eigenvalue weighted by Gasteiger charge is -2.06. The number of alkyl halides is 2. The molecule has 1 nitrogen and oxygen atoms in total. The predicted molar refractivity (Wildman–Crippen MR) is 69.6 cm³/mol. The van der Waals surface area contributed by atoms with E-state index in [0.29, 0.717) is 11.1 Å². The van der Waals surface area contributed by atoms with Gasteiger partial charge in [0.1, 0.15) is 0 Å². The normalized spacial score (nSPS) is 20.0. The highest BCUT2D eigenvalue weighted by atomic mass is 19.3. The summed E-state index contributed by atoms with van der Waals surface area (Å²) in [6.45, 7) is 0. The SMILES string of the molecule is O=Cc1ccccc1-c1ccc(C2CC2(F)F)cc1. The molecule has 1 unspecified atom stereocenters. The van der Waals surface area contributed by atoms with Crippen LogP contribution in [0.25, 0.3) is 11.1 Å². The van der Waals surface area contributed by atoms with E-state index < -0.39 is 11.8 Å². The third kappa shape index (κ3) is 2.16. The highest BCUT2D eigenvalue weighted by Gasteiger charge is 2.57. The quantitative estimate of drug-likeness (QED) is 0.750. The lowest BCUT2D eigenvalue weighted by atomic mass is 9.98. The molecule has 0 heterocycles. The molecule has 1 aliphatic rings. The van der Waals surface area contributed by atoms with E-state index in [0.717, 1.165) is 17.4 Å². The Balaban J connectivity index is 1.93. The van der Waals surface area contributed by atoms with Crippen molar-refractivity contribution in [2.45, 2.75) is 18.3 Å². The van der Waals surface area contributed by atoms with Crippen LogP contribution in [0.15, 0.2) is 48.5 Å². The maximum Gasteiger partial charge on any atom is 0.255 e. The van der Waals surface area contributed by atoms with Crippen LogP contribution >= 0.6 is 0 Å². The molecule has 0 bridgehead atoms. The molecule has 0 amide bonds. The summed E-state index contributed by atoms with van der Waals surface area (Å²) in [7, 11) is 0. The molecule has 1 aliphatic carbocycles. The first-order chi connectivity index (χ1) is 9.12. The van der Waals surface area contributed by atoms with Gasteiger partial charge in [0.15, 0.2) is 6.29 Å². The van der Waals surface area contributed by atoms with Gasteiger partial charge in [0.2, 0.25) is 0 Å². The van der Waals surface area contributed by atoms with Gasteiger partial charge in [-0.2, -0.15) is 0 Å². The molecule has 1 atom stereocenters. The molecule has 96 valence electrons. The highest BCUT2D eigenvalue weighted by molar-refractivity contribution is 5.87. The van der Waals surface area contributed by atoms with Gasteiger partial charge < -0.3 is 0 Å². The number of benzene rings is 2. The second kappa shape index (κ2) is 4.26. The van der Waals surface area contributed by atoms with Crippen molar-refractivity contribution in [1.82, 2.24) is 0 Å². The van der Waals surface area contributed by atoms with E-state index in [-0.39, 0.29) is 6.42 Å². The van der Waals surface area contributed by atoms with Crippen LogP contribution in [0, 0.1) is 0 Å². The molecule has 0 aromatic heterocycles. The molecule has 19 heavy (non-hydrogen) atoms. The van der Waals surface area contributed by atoms with Crippen molar-refractivity contribution in [2.75, 3.05) is 0 Å². The summed E-state index contributed by atoms with van der Waals surface area (Å²) in [4.78, 5) is 11.0. The molecule has 0 spiro atoms. The van der Waals surface area contributed by atoms with E-state index >= 15 is 0 Å². The number of carbonyl (C=O) groups excluding carboxylic acids is 1. The summed E-state index contributed by atoms with van der Waals surface area (Å²) >= 11 is 0. The fourth-order valence-electron chi connectivity index (χ4n) is 2.33. The van der Waals surface area contributed by atoms with Gasteiger partial charge in [0.25, 0.3) is 5.92 Å². The first-order valence-corrected chi connectivity index (χ1v) is 6.14. The zero-order chi connectivity index (χ0) is 13.5. The smallest absolute Gasteiger partial charge is 0.255 e. The van der Waals surface area contributed by atoms with Gasteiger partial charge in [0.05, 0.1) is 5.92 Å². The molecule has 0 aliphatic heterocycles. The topological polar surface area (TPSA) is 17.1 Å². The molecular weight excluding hydrogens is 246 g/mol. The molecule has 0 N–H and O–H groups in total. The van der Waals surface area contributed by atoms with Crippen LogP contribution in [-0.4, -0.2) is 12.2 Å². The van der Waals surface area contributed by atoms with Gasteiger partial charge in [-0.15, -0.1) is 0 Å². The molecule has 0 saturated heterocycles. The minimum atomic E-state index is -2.54. The average molecular weight is 258 g/mol. The second-order valence-electron chi connectivity index (χ2n) is 4.84. The van der Waals surface area contributed by atoms with Gasteiger partial charge in [-0.3, -0.25) is 4.79 Å². The summed E-state index contributed by atoms with van der Waals surface area (Å²) < 4.78 is 26.0. The zero-order valence-electron chi connectivity index (χ0n) is 10.1. The Morgan fingerprint density at radius 2 is 1.68 bits per heavy atom. The summed E-state index contributed by atoms with van der Waals surface area (Å²) in [5.41, 5.74) is 2.96. The maximum atomic E-state index is 13.0. The summed E-state index contributed by atoms with van der Waals surface area (Å²) in [5.74, 6) is -3.18. The predicted octanol–water partition coefficient (Wildman–Crippen LogP) is 4.29. The van der Waals surface area contributed by atoms with Crippen molar-refractivity contribution in [1.29, 1.82) is 0 Å². The fraction of sp³-hybridized carbons (Fsp3) is 0.188. The summed E-state index contributed by atoms with van der Waals surface area (Å²) in [6, 6.07) is 14.3. The number of hydrogen-bond acceptors (Lipinski definition) is 1. The summed E-state index contributed by atoms with van der Waals surface area (Å²) in [5, 5.41) is 0. The van der Waals surface area contributed by atoms with Gasteiger partial charge in [-0.1, -0.05) is 48.5 Å². The van der Waals surface area contributed by atoms with Crippen LogP contribution < -0.4 is 0 Å². The zero-order valence-corrected chi connectivity index (χ0v) is 10.1. The Kier molecular flexibility index (Phi) is 2.70. The molecule has 2 aromatic rings. The third-order valence-electron chi connectivity index (χ3n) is 3.54. The van der Waals surface area contributed by atoms with E-state index in [4.69, 9.17) is 0 Å². The first kappa shape index (κ1) is 12.0. The Hall–Kier alpha value is -2.03. The van der Waals surface area contributed by atoms with Crippen molar-refractivity contribution < 1.29 is 13.6 Å². The van der Waals surface area contributed by atoms with Crippen molar-refractivity contribution in [3.63, 3.8) is 0 Å². The van der Waals surface area contributed by atoms with Gasteiger partial charge in [0, 0.05) is 12.0 Å². The monoisotopic (exact) mass is 258 g/mol. The molecule has 3 rings (SSSR count). The van der Waals surface area contributed by atoms with E-state index in [9.17, 15) is 13.6 Å². The molecule has 3 heteroatoms. The van der Waals surface area contributed by atoms with E-state index in [2.05, 4.69) is 0 Å². The van der Waals surface area contributed by atoms with Crippen LogP contribution in [0.4, 0.5) is 8.78 Å². The number of carbonyl (C=O) groups is 1. The number of aldehydes is 1.